The molecule has 7 rings (SSSR count). The number of hydrogen-bond donors (Lipinski definition) is 2. The minimum Gasteiger partial charge on any atom is -0.481 e. The molecule has 1 aliphatic heterocycles. The van der Waals surface area contributed by atoms with Crippen molar-refractivity contribution in [2.45, 2.75) is 105 Å². The number of aliphatic carboxylic acids is 1. The number of aliphatic hydroxyl groups excluding tert-OH is 1. The van der Waals surface area contributed by atoms with Gasteiger partial charge in [-0.05, 0) is 129 Å². The molecular formula is C40H59N3O5. The molecule has 2 heterocycles. The number of rotatable bonds is 5. The number of carbonyl (C=O) groups excluding carboxylic acids is 1. The topological polar surface area (TPSA) is 103 Å². The number of carbonyl (C=O) groups is 2. The molecule has 264 valence electrons. The molecule has 1 aromatic heterocycles. The van der Waals surface area contributed by atoms with Crippen molar-refractivity contribution >= 4 is 17.9 Å². The van der Waals surface area contributed by atoms with Gasteiger partial charge in [0.1, 0.15) is 12.4 Å². The monoisotopic (exact) mass is 661 g/mol. The Hall–Kier alpha value is -2.61. The first-order valence-electron chi connectivity index (χ1n) is 18.9. The smallest absolute Gasteiger partial charge is 0.409 e. The first kappa shape index (κ1) is 33.9. The lowest BCUT2D eigenvalue weighted by Gasteiger charge is -2.72. The van der Waals surface area contributed by atoms with Crippen LogP contribution in [0.3, 0.4) is 0 Å². The molecule has 1 aromatic rings. The van der Waals surface area contributed by atoms with Crippen molar-refractivity contribution in [2.24, 2.45) is 56.7 Å². The molecule has 1 amide bonds. The lowest BCUT2D eigenvalue weighted by molar-refractivity contribution is -0.254. The standard InChI is InChI=1S/C40H59N3O5/c1-26(2)27-12-17-40(34(45)46)19-18-38(5)28(33(27)40)10-11-30-36(3)15-14-31(44)37(4,29(36)13-16-39(30,38)6)25-48-35(47)43-23-21-42(22-24-43)32-9-7-8-20-41-32/h7-9,20,27-31,33,44H,1,10-19,21-25H2,2-6H3,(H,45,46)/t27-,28?,29?,30?,31-,33?,36-,37-,38+,39+,40-/m0/s1. The number of carboxylic acids is 1. The maximum Gasteiger partial charge on any atom is 0.409 e. The van der Waals surface area contributed by atoms with Crippen LogP contribution in [0, 0.1) is 56.7 Å². The Morgan fingerprint density at radius 2 is 1.67 bits per heavy atom. The molecule has 11 atom stereocenters. The Morgan fingerprint density at radius 1 is 0.917 bits per heavy atom. The minimum atomic E-state index is -0.611. The highest BCUT2D eigenvalue weighted by molar-refractivity contribution is 5.76. The summed E-state index contributed by atoms with van der Waals surface area (Å²) < 4.78 is 6.14. The maximum atomic E-state index is 13.4. The fraction of sp³-hybridized carbons (Fsp3) is 0.775. The minimum absolute atomic E-state index is 0.0143. The fourth-order valence-electron chi connectivity index (χ4n) is 13.5. The second kappa shape index (κ2) is 11.7. The highest BCUT2D eigenvalue weighted by atomic mass is 16.6. The number of pyridine rings is 1. The van der Waals surface area contributed by atoms with E-state index < -0.39 is 22.9 Å². The van der Waals surface area contributed by atoms with Crippen LogP contribution in [0.2, 0.25) is 0 Å². The lowest BCUT2D eigenvalue weighted by Crippen LogP contribution is -2.67. The number of carboxylic acid groups (broad SMARTS) is 1. The molecule has 2 N–H and O–H groups in total. The quantitative estimate of drug-likeness (QED) is 0.317. The number of fused-ring (bicyclic) bond motifs is 7. The summed E-state index contributed by atoms with van der Waals surface area (Å²) in [6, 6.07) is 5.90. The van der Waals surface area contributed by atoms with Gasteiger partial charge >= 0.3 is 12.1 Å². The number of nitrogens with zero attached hydrogens (tertiary/aromatic N) is 3. The van der Waals surface area contributed by atoms with Crippen LogP contribution in [0.1, 0.15) is 98.8 Å². The number of aromatic nitrogens is 1. The predicted octanol–water partition coefficient (Wildman–Crippen LogP) is 7.42. The Morgan fingerprint density at radius 3 is 2.33 bits per heavy atom. The van der Waals surface area contributed by atoms with Crippen molar-refractivity contribution in [1.29, 1.82) is 0 Å². The molecule has 0 spiro atoms. The second-order valence-corrected chi connectivity index (χ2v) is 17.9. The SMILES string of the molecule is C=C(C)[C@@H]1CC[C@]2(C(=O)O)CC[C@]3(C)C(CCC4[C@@]5(C)CC[C@H](O)[C@@](C)(COC(=O)N6CCN(c7ccccn7)CC6)C5CC[C@]43C)C12. The van der Waals surface area contributed by atoms with Crippen LogP contribution in [0.5, 0.6) is 0 Å². The van der Waals surface area contributed by atoms with Gasteiger partial charge in [0.2, 0.25) is 0 Å². The Kier molecular flexibility index (Phi) is 8.28. The van der Waals surface area contributed by atoms with E-state index in [1.165, 1.54) is 0 Å². The number of ether oxygens (including phenoxy) is 1. The van der Waals surface area contributed by atoms with E-state index >= 15 is 0 Å². The van der Waals surface area contributed by atoms with E-state index in [1.54, 1.807) is 11.1 Å². The Labute approximate surface area is 287 Å². The molecule has 8 nitrogen and oxygen atoms in total. The average Bonchev–Trinajstić information content (AvgIpc) is 3.48. The van der Waals surface area contributed by atoms with Crippen LogP contribution < -0.4 is 4.90 Å². The van der Waals surface area contributed by atoms with Gasteiger partial charge < -0.3 is 24.7 Å². The number of piperazine rings is 1. The zero-order valence-electron chi connectivity index (χ0n) is 30.0. The fourth-order valence-corrected chi connectivity index (χ4v) is 13.5. The summed E-state index contributed by atoms with van der Waals surface area (Å²) in [6.07, 6.45) is 10.4. The van der Waals surface area contributed by atoms with E-state index in [-0.39, 0.29) is 40.8 Å². The summed E-state index contributed by atoms with van der Waals surface area (Å²) in [5.41, 5.74) is 0.195. The van der Waals surface area contributed by atoms with Gasteiger partial charge in [0.15, 0.2) is 0 Å². The van der Waals surface area contributed by atoms with Gasteiger partial charge in [-0.15, -0.1) is 0 Å². The van der Waals surface area contributed by atoms with Crippen LogP contribution in [-0.2, 0) is 9.53 Å². The number of aliphatic hydroxyl groups is 1. The third-order valence-corrected chi connectivity index (χ3v) is 16.3. The van der Waals surface area contributed by atoms with Crippen molar-refractivity contribution in [3.8, 4) is 0 Å². The van der Waals surface area contributed by atoms with Gasteiger partial charge in [-0.3, -0.25) is 4.79 Å². The van der Waals surface area contributed by atoms with E-state index in [9.17, 15) is 19.8 Å². The zero-order chi connectivity index (χ0) is 34.3. The van der Waals surface area contributed by atoms with Crippen molar-refractivity contribution in [1.82, 2.24) is 9.88 Å². The highest BCUT2D eigenvalue weighted by Crippen LogP contribution is 2.77. The molecule has 5 saturated carbocycles. The summed E-state index contributed by atoms with van der Waals surface area (Å²) in [5.74, 6) is 1.92. The molecule has 0 radical (unpaired) electrons. The molecular weight excluding hydrogens is 602 g/mol. The third-order valence-electron chi connectivity index (χ3n) is 16.3. The molecule has 4 unspecified atom stereocenters. The van der Waals surface area contributed by atoms with E-state index in [1.807, 2.05) is 18.2 Å². The van der Waals surface area contributed by atoms with Crippen LogP contribution in [0.4, 0.5) is 10.6 Å². The first-order chi connectivity index (χ1) is 22.7. The highest BCUT2D eigenvalue weighted by Gasteiger charge is 2.72. The van der Waals surface area contributed by atoms with Crippen molar-refractivity contribution in [3.05, 3.63) is 36.5 Å². The van der Waals surface area contributed by atoms with Crippen molar-refractivity contribution in [3.63, 3.8) is 0 Å². The summed E-state index contributed by atoms with van der Waals surface area (Å²) in [7, 11) is 0. The van der Waals surface area contributed by atoms with E-state index in [0.29, 0.717) is 43.9 Å². The van der Waals surface area contributed by atoms with Gasteiger partial charge in [0, 0.05) is 37.8 Å². The van der Waals surface area contributed by atoms with Gasteiger partial charge in [-0.2, -0.15) is 0 Å². The van der Waals surface area contributed by atoms with Gasteiger partial charge in [0.05, 0.1) is 11.5 Å². The van der Waals surface area contributed by atoms with Gasteiger partial charge in [-0.25, -0.2) is 9.78 Å². The average molecular weight is 662 g/mol. The molecule has 5 aliphatic carbocycles. The maximum absolute atomic E-state index is 13.4. The first-order valence-corrected chi connectivity index (χ1v) is 18.9. The molecule has 6 aliphatic rings. The zero-order valence-corrected chi connectivity index (χ0v) is 30.0. The number of amides is 1. The number of allylic oxidation sites excluding steroid dienone is 1. The summed E-state index contributed by atoms with van der Waals surface area (Å²) in [6.45, 7) is 19.1. The molecule has 48 heavy (non-hydrogen) atoms. The van der Waals surface area contributed by atoms with Gasteiger partial charge in [0.25, 0.3) is 0 Å². The lowest BCUT2D eigenvalue weighted by atomic mass is 9.32. The molecule has 0 aromatic carbocycles. The second-order valence-electron chi connectivity index (χ2n) is 17.9. The molecule has 6 fully saturated rings. The largest absolute Gasteiger partial charge is 0.481 e. The molecule has 8 heteroatoms. The summed E-state index contributed by atoms with van der Waals surface area (Å²) in [5, 5.41) is 22.3. The predicted molar refractivity (Wildman–Crippen MR) is 186 cm³/mol. The van der Waals surface area contributed by atoms with Crippen LogP contribution in [0.15, 0.2) is 36.5 Å². The van der Waals surface area contributed by atoms with E-state index in [2.05, 4.69) is 51.1 Å². The summed E-state index contributed by atoms with van der Waals surface area (Å²) in [4.78, 5) is 34.9. The van der Waals surface area contributed by atoms with Gasteiger partial charge in [-0.1, -0.05) is 45.9 Å². The van der Waals surface area contributed by atoms with E-state index in [4.69, 9.17) is 4.74 Å². The number of anilines is 1. The van der Waals surface area contributed by atoms with Crippen molar-refractivity contribution in [2.75, 3.05) is 37.7 Å². The normalized spacial score (nSPS) is 45.3. The van der Waals surface area contributed by atoms with Crippen LogP contribution in [-0.4, -0.2) is 71.0 Å². The van der Waals surface area contributed by atoms with E-state index in [0.717, 1.165) is 75.6 Å². The van der Waals surface area contributed by atoms with Crippen molar-refractivity contribution < 1.29 is 24.5 Å². The number of hydrogen-bond acceptors (Lipinski definition) is 6. The molecule has 0 bridgehead atoms. The van der Waals surface area contributed by atoms with Crippen LogP contribution in [0.25, 0.3) is 0 Å². The Balaban J connectivity index is 1.09. The Bertz CT molecular complexity index is 1430. The third kappa shape index (κ3) is 4.73. The van der Waals surface area contributed by atoms with Crippen LogP contribution >= 0.6 is 0 Å². The molecule has 1 saturated heterocycles. The summed E-state index contributed by atoms with van der Waals surface area (Å²) >= 11 is 0.